The van der Waals surface area contributed by atoms with Gasteiger partial charge in [-0.2, -0.15) is 0 Å². The molecular weight excluding hydrogens is 244 g/mol. The third kappa shape index (κ3) is 3.76. The fraction of sp³-hybridized carbons (Fsp3) is 0.667. The molecule has 1 fully saturated rings. The Morgan fingerprint density at radius 3 is 2.70 bits per heavy atom. The van der Waals surface area contributed by atoms with Crippen molar-refractivity contribution in [2.45, 2.75) is 59.4 Å². The third-order valence-corrected chi connectivity index (χ3v) is 4.52. The smallest absolute Gasteiger partial charge is 0.0396 e. The second-order valence-electron chi connectivity index (χ2n) is 7.18. The number of rotatable bonds is 4. The van der Waals surface area contributed by atoms with E-state index in [-0.39, 0.29) is 6.04 Å². The first kappa shape index (κ1) is 15.4. The summed E-state index contributed by atoms with van der Waals surface area (Å²) in [6.45, 7) is 11.5. The number of nitrogens with zero attached hydrogens (tertiary/aromatic N) is 1. The van der Waals surface area contributed by atoms with Crippen LogP contribution in [-0.2, 0) is 6.42 Å². The third-order valence-electron chi connectivity index (χ3n) is 4.52. The van der Waals surface area contributed by atoms with Crippen LogP contribution in [0.25, 0.3) is 0 Å². The van der Waals surface area contributed by atoms with Crippen molar-refractivity contribution in [1.29, 1.82) is 0 Å². The van der Waals surface area contributed by atoms with E-state index in [1.54, 1.807) is 0 Å². The highest BCUT2D eigenvalue weighted by molar-refractivity contribution is 5.55. The Hall–Kier alpha value is -1.02. The van der Waals surface area contributed by atoms with Crippen LogP contribution in [-0.4, -0.2) is 19.1 Å². The van der Waals surface area contributed by atoms with E-state index < -0.39 is 0 Å². The monoisotopic (exact) mass is 274 g/mol. The van der Waals surface area contributed by atoms with Gasteiger partial charge in [-0.05, 0) is 55.2 Å². The van der Waals surface area contributed by atoms with Crippen LogP contribution in [0, 0.1) is 12.3 Å². The number of hydrogen-bond donors (Lipinski definition) is 1. The molecule has 2 nitrogen and oxygen atoms in total. The average Bonchev–Trinajstić information content (AvgIpc) is 2.37. The highest BCUT2D eigenvalue weighted by Crippen LogP contribution is 2.33. The summed E-state index contributed by atoms with van der Waals surface area (Å²) >= 11 is 0. The Bertz CT molecular complexity index is 451. The molecule has 0 spiro atoms. The van der Waals surface area contributed by atoms with Gasteiger partial charge in [0.2, 0.25) is 0 Å². The molecule has 1 saturated heterocycles. The number of anilines is 1. The summed E-state index contributed by atoms with van der Waals surface area (Å²) in [6, 6.07) is 7.18. The second-order valence-corrected chi connectivity index (χ2v) is 7.18. The van der Waals surface area contributed by atoms with Gasteiger partial charge >= 0.3 is 0 Å². The zero-order valence-electron chi connectivity index (χ0n) is 13.6. The molecule has 1 heterocycles. The highest BCUT2D eigenvalue weighted by atomic mass is 15.1. The molecule has 112 valence electrons. The minimum atomic E-state index is 0.286. The van der Waals surface area contributed by atoms with Crippen molar-refractivity contribution in [3.8, 4) is 0 Å². The van der Waals surface area contributed by atoms with Crippen LogP contribution in [0.1, 0.15) is 51.2 Å². The van der Waals surface area contributed by atoms with Crippen LogP contribution in [0.5, 0.6) is 0 Å². The Labute approximate surface area is 124 Å². The number of benzene rings is 1. The van der Waals surface area contributed by atoms with Crippen LogP contribution >= 0.6 is 0 Å². The van der Waals surface area contributed by atoms with E-state index >= 15 is 0 Å². The predicted octanol–water partition coefficient (Wildman–Crippen LogP) is 3.90. The molecule has 2 rings (SSSR count). The molecule has 1 unspecified atom stereocenters. The molecule has 1 aromatic carbocycles. The van der Waals surface area contributed by atoms with Crippen molar-refractivity contribution in [2.24, 2.45) is 11.1 Å². The number of hydrogen-bond acceptors (Lipinski definition) is 2. The molecule has 1 aliphatic heterocycles. The van der Waals surface area contributed by atoms with E-state index in [4.69, 9.17) is 5.73 Å². The topological polar surface area (TPSA) is 29.3 Å². The highest BCUT2D eigenvalue weighted by Gasteiger charge is 2.27. The summed E-state index contributed by atoms with van der Waals surface area (Å²) in [5, 5.41) is 0. The number of piperidine rings is 1. The van der Waals surface area contributed by atoms with Crippen LogP contribution < -0.4 is 10.6 Å². The maximum absolute atomic E-state index is 6.06. The van der Waals surface area contributed by atoms with Gasteiger partial charge in [-0.3, -0.25) is 0 Å². The lowest BCUT2D eigenvalue weighted by molar-refractivity contribution is 0.293. The van der Waals surface area contributed by atoms with E-state index in [0.29, 0.717) is 5.41 Å². The first-order valence-corrected chi connectivity index (χ1v) is 8.01. The van der Waals surface area contributed by atoms with E-state index in [1.165, 1.54) is 42.7 Å². The Morgan fingerprint density at radius 2 is 2.10 bits per heavy atom. The van der Waals surface area contributed by atoms with Crippen molar-refractivity contribution in [3.05, 3.63) is 29.3 Å². The molecule has 0 aromatic heterocycles. The zero-order valence-corrected chi connectivity index (χ0v) is 13.6. The summed E-state index contributed by atoms with van der Waals surface area (Å²) < 4.78 is 0. The largest absolute Gasteiger partial charge is 0.371 e. The fourth-order valence-electron chi connectivity index (χ4n) is 3.28. The van der Waals surface area contributed by atoms with Crippen LogP contribution in [0.4, 0.5) is 5.69 Å². The minimum Gasteiger partial charge on any atom is -0.371 e. The van der Waals surface area contributed by atoms with E-state index in [1.807, 2.05) is 0 Å². The first-order chi connectivity index (χ1) is 9.41. The lowest BCUT2D eigenvalue weighted by Gasteiger charge is -2.40. The van der Waals surface area contributed by atoms with E-state index in [9.17, 15) is 0 Å². The van der Waals surface area contributed by atoms with E-state index in [0.717, 1.165) is 12.8 Å². The molecule has 1 atom stereocenters. The summed E-state index contributed by atoms with van der Waals surface area (Å²) in [7, 11) is 0. The van der Waals surface area contributed by atoms with E-state index in [2.05, 4.69) is 50.8 Å². The second kappa shape index (κ2) is 6.17. The normalized spacial score (nSPS) is 19.9. The fourth-order valence-corrected chi connectivity index (χ4v) is 3.28. The predicted molar refractivity (Wildman–Crippen MR) is 88.4 cm³/mol. The quantitative estimate of drug-likeness (QED) is 0.902. The van der Waals surface area contributed by atoms with Crippen LogP contribution in [0.2, 0.25) is 0 Å². The molecule has 2 N–H and O–H groups in total. The molecule has 0 aliphatic carbocycles. The van der Waals surface area contributed by atoms with Crippen molar-refractivity contribution < 1.29 is 0 Å². The molecule has 0 radical (unpaired) electrons. The standard InChI is InChI=1S/C18H30N2/c1-5-16(19)12-15-7-8-17(14(2)11-15)20-10-6-9-18(3,4)13-20/h7-8,11,16H,5-6,9-10,12-13,19H2,1-4H3. The van der Waals surface area contributed by atoms with Gasteiger partial charge in [0.15, 0.2) is 0 Å². The maximum atomic E-state index is 6.06. The van der Waals surface area contributed by atoms with Gasteiger partial charge in [-0.25, -0.2) is 0 Å². The van der Waals surface area contributed by atoms with Crippen LogP contribution in [0.15, 0.2) is 18.2 Å². The summed E-state index contributed by atoms with van der Waals surface area (Å²) in [4.78, 5) is 2.56. The molecule has 0 bridgehead atoms. The van der Waals surface area contributed by atoms with Gasteiger partial charge < -0.3 is 10.6 Å². The molecule has 1 aliphatic rings. The zero-order chi connectivity index (χ0) is 14.8. The van der Waals surface area contributed by atoms with Crippen molar-refractivity contribution in [3.63, 3.8) is 0 Å². The Balaban J connectivity index is 2.13. The van der Waals surface area contributed by atoms with Gasteiger partial charge in [0.25, 0.3) is 0 Å². The lowest BCUT2D eigenvalue weighted by Crippen LogP contribution is -2.40. The van der Waals surface area contributed by atoms with Gasteiger partial charge in [-0.15, -0.1) is 0 Å². The first-order valence-electron chi connectivity index (χ1n) is 8.01. The molecule has 0 amide bonds. The number of nitrogens with two attached hydrogens (primary N) is 1. The number of aryl methyl sites for hydroxylation is 1. The van der Waals surface area contributed by atoms with Crippen molar-refractivity contribution in [1.82, 2.24) is 0 Å². The molecular formula is C18H30N2. The summed E-state index contributed by atoms with van der Waals surface area (Å²) in [6.07, 6.45) is 4.67. The van der Waals surface area contributed by atoms with Crippen molar-refractivity contribution >= 4 is 5.69 Å². The summed E-state index contributed by atoms with van der Waals surface area (Å²) in [5.41, 5.74) is 10.7. The molecule has 2 heteroatoms. The molecule has 20 heavy (non-hydrogen) atoms. The Kier molecular flexibility index (Phi) is 4.74. The SMILES string of the molecule is CCC(N)Cc1ccc(N2CCCC(C)(C)C2)c(C)c1. The Morgan fingerprint density at radius 1 is 1.35 bits per heavy atom. The molecule has 1 aromatic rings. The van der Waals surface area contributed by atoms with Gasteiger partial charge in [0, 0.05) is 24.8 Å². The van der Waals surface area contributed by atoms with Gasteiger partial charge in [-0.1, -0.05) is 32.9 Å². The van der Waals surface area contributed by atoms with Crippen LogP contribution in [0.3, 0.4) is 0 Å². The average molecular weight is 274 g/mol. The minimum absolute atomic E-state index is 0.286. The van der Waals surface area contributed by atoms with Gasteiger partial charge in [0.05, 0.1) is 0 Å². The van der Waals surface area contributed by atoms with Crippen molar-refractivity contribution in [2.75, 3.05) is 18.0 Å². The van der Waals surface area contributed by atoms with Gasteiger partial charge in [0.1, 0.15) is 0 Å². The maximum Gasteiger partial charge on any atom is 0.0396 e. The lowest BCUT2D eigenvalue weighted by atomic mass is 9.84. The molecule has 0 saturated carbocycles. The summed E-state index contributed by atoms with van der Waals surface area (Å²) in [5.74, 6) is 0.